The molecule has 0 bridgehead atoms. The SMILES string of the molecule is CCCCC1OC1C(O)c1ccccc1. The van der Waals surface area contributed by atoms with Gasteiger partial charge in [-0.2, -0.15) is 0 Å². The number of aliphatic hydroxyl groups excluding tert-OH is 1. The molecule has 1 saturated heterocycles. The Morgan fingerprint density at radius 2 is 2.07 bits per heavy atom. The Labute approximate surface area is 90.9 Å². The van der Waals surface area contributed by atoms with Crippen molar-refractivity contribution in [1.29, 1.82) is 0 Å². The quantitative estimate of drug-likeness (QED) is 0.751. The molecule has 2 nitrogen and oxygen atoms in total. The number of epoxide rings is 1. The zero-order valence-electron chi connectivity index (χ0n) is 9.10. The highest BCUT2D eigenvalue weighted by Gasteiger charge is 2.43. The van der Waals surface area contributed by atoms with Crippen LogP contribution in [0, 0.1) is 0 Å². The van der Waals surface area contributed by atoms with E-state index in [1.807, 2.05) is 30.3 Å². The van der Waals surface area contributed by atoms with Gasteiger partial charge in [0, 0.05) is 0 Å². The van der Waals surface area contributed by atoms with Crippen molar-refractivity contribution in [3.63, 3.8) is 0 Å². The standard InChI is InChI=1S/C13H18O2/c1-2-3-9-11-13(15-11)12(14)10-7-5-4-6-8-10/h4-8,11-14H,2-3,9H2,1H3. The number of ether oxygens (including phenoxy) is 1. The zero-order valence-corrected chi connectivity index (χ0v) is 9.10. The van der Waals surface area contributed by atoms with Crippen molar-refractivity contribution >= 4 is 0 Å². The van der Waals surface area contributed by atoms with E-state index in [9.17, 15) is 5.11 Å². The van der Waals surface area contributed by atoms with E-state index >= 15 is 0 Å². The molecule has 2 heteroatoms. The van der Waals surface area contributed by atoms with Gasteiger partial charge in [-0.05, 0) is 12.0 Å². The van der Waals surface area contributed by atoms with E-state index in [1.54, 1.807) is 0 Å². The van der Waals surface area contributed by atoms with Crippen LogP contribution < -0.4 is 0 Å². The van der Waals surface area contributed by atoms with E-state index in [0.29, 0.717) is 0 Å². The molecule has 1 aromatic rings. The summed E-state index contributed by atoms with van der Waals surface area (Å²) in [6, 6.07) is 9.75. The minimum Gasteiger partial charge on any atom is -0.386 e. The fourth-order valence-corrected chi connectivity index (χ4v) is 1.91. The van der Waals surface area contributed by atoms with E-state index in [4.69, 9.17) is 4.74 Å². The zero-order chi connectivity index (χ0) is 10.7. The monoisotopic (exact) mass is 206 g/mol. The molecule has 2 rings (SSSR count). The molecule has 0 aliphatic carbocycles. The van der Waals surface area contributed by atoms with Gasteiger partial charge in [0.2, 0.25) is 0 Å². The van der Waals surface area contributed by atoms with Gasteiger partial charge in [-0.25, -0.2) is 0 Å². The molecule has 1 heterocycles. The molecule has 1 aliphatic heterocycles. The molecule has 0 spiro atoms. The third kappa shape index (κ3) is 2.58. The molecule has 3 unspecified atom stereocenters. The van der Waals surface area contributed by atoms with Crippen LogP contribution in [0.3, 0.4) is 0 Å². The molecule has 1 N–H and O–H groups in total. The molecular formula is C13H18O2. The van der Waals surface area contributed by atoms with Gasteiger partial charge in [0.25, 0.3) is 0 Å². The second-order valence-electron chi connectivity index (χ2n) is 4.14. The Balaban J connectivity index is 1.86. The first-order valence-corrected chi connectivity index (χ1v) is 5.71. The second kappa shape index (κ2) is 4.77. The highest BCUT2D eigenvalue weighted by atomic mass is 16.6. The molecule has 15 heavy (non-hydrogen) atoms. The Morgan fingerprint density at radius 1 is 1.33 bits per heavy atom. The highest BCUT2D eigenvalue weighted by Crippen LogP contribution is 2.36. The Morgan fingerprint density at radius 3 is 2.73 bits per heavy atom. The summed E-state index contributed by atoms with van der Waals surface area (Å²) in [5, 5.41) is 10.0. The summed E-state index contributed by atoms with van der Waals surface area (Å²) in [7, 11) is 0. The first-order valence-electron chi connectivity index (χ1n) is 5.71. The highest BCUT2D eigenvalue weighted by molar-refractivity contribution is 5.20. The molecule has 1 aliphatic rings. The molecule has 0 aromatic heterocycles. The van der Waals surface area contributed by atoms with E-state index in [1.165, 1.54) is 12.8 Å². The maximum Gasteiger partial charge on any atom is 0.114 e. The van der Waals surface area contributed by atoms with Crippen LogP contribution in [0.1, 0.15) is 37.9 Å². The minimum atomic E-state index is -0.451. The molecule has 1 aromatic carbocycles. The largest absolute Gasteiger partial charge is 0.386 e. The maximum atomic E-state index is 10.0. The summed E-state index contributed by atoms with van der Waals surface area (Å²) in [4.78, 5) is 0. The molecule has 0 saturated carbocycles. The van der Waals surface area contributed by atoms with Crippen molar-refractivity contribution in [3.05, 3.63) is 35.9 Å². The van der Waals surface area contributed by atoms with Crippen LogP contribution in [0.15, 0.2) is 30.3 Å². The van der Waals surface area contributed by atoms with Crippen molar-refractivity contribution in [2.45, 2.75) is 44.5 Å². The minimum absolute atomic E-state index is 0.0268. The van der Waals surface area contributed by atoms with E-state index < -0.39 is 6.10 Å². The van der Waals surface area contributed by atoms with Crippen molar-refractivity contribution in [2.24, 2.45) is 0 Å². The van der Waals surface area contributed by atoms with Crippen LogP contribution in [0.25, 0.3) is 0 Å². The molecule has 0 amide bonds. The Kier molecular flexibility index (Phi) is 3.39. The van der Waals surface area contributed by atoms with E-state index in [0.717, 1.165) is 12.0 Å². The lowest BCUT2D eigenvalue weighted by molar-refractivity contribution is 0.137. The average Bonchev–Trinajstić information content (AvgIpc) is 3.06. The van der Waals surface area contributed by atoms with Crippen molar-refractivity contribution in [3.8, 4) is 0 Å². The number of hydrogen-bond acceptors (Lipinski definition) is 2. The van der Waals surface area contributed by atoms with Gasteiger partial charge < -0.3 is 9.84 Å². The van der Waals surface area contributed by atoms with Gasteiger partial charge in [0.1, 0.15) is 12.2 Å². The predicted molar refractivity (Wildman–Crippen MR) is 59.6 cm³/mol. The van der Waals surface area contributed by atoms with Gasteiger partial charge in [-0.15, -0.1) is 0 Å². The van der Waals surface area contributed by atoms with Crippen LogP contribution >= 0.6 is 0 Å². The lowest BCUT2D eigenvalue weighted by Crippen LogP contribution is -2.08. The Bertz CT molecular complexity index is 297. The smallest absolute Gasteiger partial charge is 0.114 e. The molecule has 3 atom stereocenters. The van der Waals surface area contributed by atoms with Gasteiger partial charge in [-0.1, -0.05) is 50.1 Å². The molecule has 1 fully saturated rings. The van der Waals surface area contributed by atoms with Crippen LogP contribution in [0.2, 0.25) is 0 Å². The average molecular weight is 206 g/mol. The van der Waals surface area contributed by atoms with E-state index in [2.05, 4.69) is 6.92 Å². The van der Waals surface area contributed by atoms with Crippen molar-refractivity contribution in [2.75, 3.05) is 0 Å². The van der Waals surface area contributed by atoms with E-state index in [-0.39, 0.29) is 12.2 Å². The fraction of sp³-hybridized carbons (Fsp3) is 0.538. The Hall–Kier alpha value is -0.860. The number of rotatable bonds is 5. The van der Waals surface area contributed by atoms with Crippen molar-refractivity contribution < 1.29 is 9.84 Å². The first-order chi connectivity index (χ1) is 7.33. The van der Waals surface area contributed by atoms with Gasteiger partial charge >= 0.3 is 0 Å². The lowest BCUT2D eigenvalue weighted by Gasteiger charge is -2.07. The third-order valence-corrected chi connectivity index (χ3v) is 2.92. The number of aliphatic hydroxyl groups is 1. The molecular weight excluding hydrogens is 188 g/mol. The van der Waals surface area contributed by atoms with Gasteiger partial charge in [0.15, 0.2) is 0 Å². The summed E-state index contributed by atoms with van der Waals surface area (Å²) in [5.41, 5.74) is 0.960. The molecule has 82 valence electrons. The van der Waals surface area contributed by atoms with Crippen LogP contribution in [-0.2, 0) is 4.74 Å². The first kappa shape index (κ1) is 10.7. The van der Waals surface area contributed by atoms with Crippen LogP contribution in [-0.4, -0.2) is 17.3 Å². The van der Waals surface area contributed by atoms with Gasteiger partial charge in [0.05, 0.1) is 6.10 Å². The van der Waals surface area contributed by atoms with Crippen LogP contribution in [0.4, 0.5) is 0 Å². The topological polar surface area (TPSA) is 32.8 Å². The van der Waals surface area contributed by atoms with Gasteiger partial charge in [-0.3, -0.25) is 0 Å². The van der Waals surface area contributed by atoms with Crippen molar-refractivity contribution in [1.82, 2.24) is 0 Å². The summed E-state index contributed by atoms with van der Waals surface area (Å²) in [5.74, 6) is 0. The third-order valence-electron chi connectivity index (χ3n) is 2.92. The predicted octanol–water partition coefficient (Wildman–Crippen LogP) is 2.68. The second-order valence-corrected chi connectivity index (χ2v) is 4.14. The number of unbranched alkanes of at least 4 members (excludes halogenated alkanes) is 1. The fourth-order valence-electron chi connectivity index (χ4n) is 1.91. The maximum absolute atomic E-state index is 10.0. The number of hydrogen-bond donors (Lipinski definition) is 1. The summed E-state index contributed by atoms with van der Waals surface area (Å²) < 4.78 is 5.49. The summed E-state index contributed by atoms with van der Waals surface area (Å²) >= 11 is 0. The van der Waals surface area contributed by atoms with Crippen LogP contribution in [0.5, 0.6) is 0 Å². The number of benzene rings is 1. The summed E-state index contributed by atoms with van der Waals surface area (Å²) in [6.07, 6.45) is 3.30. The lowest BCUT2D eigenvalue weighted by atomic mass is 10.0. The summed E-state index contributed by atoms with van der Waals surface area (Å²) in [6.45, 7) is 2.17. The normalized spacial score (nSPS) is 26.3. The molecule has 0 radical (unpaired) electrons.